The number of hydrogen-bond donors (Lipinski definition) is 2. The number of aromatic amines is 1. The van der Waals surface area contributed by atoms with Crippen LogP contribution >= 0.6 is 0 Å². The van der Waals surface area contributed by atoms with Gasteiger partial charge in [0.25, 0.3) is 5.91 Å². The first-order valence-corrected chi connectivity index (χ1v) is 11.2. The Morgan fingerprint density at radius 1 is 1.21 bits per heavy atom. The Morgan fingerprint density at radius 2 is 1.89 bits per heavy atom. The number of piperidine rings is 1. The van der Waals surface area contributed by atoms with Gasteiger partial charge in [-0.05, 0) is 50.7 Å². The van der Waals surface area contributed by atoms with E-state index in [0.29, 0.717) is 42.5 Å². The predicted octanol–water partition coefficient (Wildman–Crippen LogP) is 3.29. The van der Waals surface area contributed by atoms with Gasteiger partial charge in [0.1, 0.15) is 10.6 Å². The first kappa shape index (κ1) is 20.6. The van der Waals surface area contributed by atoms with Crippen molar-refractivity contribution in [1.29, 1.82) is 0 Å². The van der Waals surface area contributed by atoms with Gasteiger partial charge in [0, 0.05) is 25.3 Å². The normalized spacial score (nSPS) is 16.3. The minimum Gasteiger partial charge on any atom is -0.353 e. The van der Waals surface area contributed by atoms with Crippen molar-refractivity contribution in [2.45, 2.75) is 52.0 Å². The monoisotopic (exact) mass is 403 g/mol. The van der Waals surface area contributed by atoms with E-state index in [1.165, 1.54) is 0 Å². The number of rotatable bonds is 5. The minimum atomic E-state index is -3.61. The first-order valence-electron chi connectivity index (χ1n) is 9.73. The highest BCUT2D eigenvalue weighted by molar-refractivity contribution is 7.89. The van der Waals surface area contributed by atoms with Crippen LogP contribution in [0, 0.1) is 26.7 Å². The highest BCUT2D eigenvalue weighted by Crippen LogP contribution is 2.29. The largest absolute Gasteiger partial charge is 0.353 e. The number of carbonyl (C=O) groups excluding carboxylic acids is 1. The molecule has 1 aromatic heterocycles. The van der Waals surface area contributed by atoms with Gasteiger partial charge in [-0.25, -0.2) is 8.42 Å². The van der Waals surface area contributed by atoms with Gasteiger partial charge in [0.2, 0.25) is 10.0 Å². The van der Waals surface area contributed by atoms with Crippen LogP contribution in [0.4, 0.5) is 0 Å². The first-order chi connectivity index (χ1) is 13.2. The van der Waals surface area contributed by atoms with E-state index in [2.05, 4.69) is 17.2 Å². The number of amides is 1. The summed E-state index contributed by atoms with van der Waals surface area (Å²) in [4.78, 5) is 15.9. The lowest BCUT2D eigenvalue weighted by molar-refractivity contribution is 0.0945. The maximum atomic E-state index is 13.2. The molecular weight excluding hydrogens is 374 g/mol. The molecule has 0 aliphatic carbocycles. The average molecular weight is 404 g/mol. The summed E-state index contributed by atoms with van der Waals surface area (Å²) < 4.78 is 27.9. The molecule has 2 N–H and O–H groups in total. The molecule has 3 rings (SSSR count). The highest BCUT2D eigenvalue weighted by atomic mass is 32.2. The van der Waals surface area contributed by atoms with Crippen molar-refractivity contribution in [3.63, 3.8) is 0 Å². The highest BCUT2D eigenvalue weighted by Gasteiger charge is 2.33. The van der Waals surface area contributed by atoms with E-state index in [9.17, 15) is 13.2 Å². The van der Waals surface area contributed by atoms with E-state index in [1.54, 1.807) is 18.2 Å². The van der Waals surface area contributed by atoms with Crippen molar-refractivity contribution in [2.24, 2.45) is 5.92 Å². The topological polar surface area (TPSA) is 82.3 Å². The van der Waals surface area contributed by atoms with Gasteiger partial charge < -0.3 is 10.3 Å². The number of nitrogens with one attached hydrogen (secondary N) is 2. The number of aromatic nitrogens is 1. The number of aryl methyl sites for hydroxylation is 2. The number of hydrogen-bond acceptors (Lipinski definition) is 3. The molecule has 1 aliphatic heterocycles. The summed E-state index contributed by atoms with van der Waals surface area (Å²) >= 11 is 0. The van der Waals surface area contributed by atoms with E-state index in [-0.39, 0.29) is 10.8 Å². The molecule has 1 saturated heterocycles. The van der Waals surface area contributed by atoms with Crippen molar-refractivity contribution in [3.05, 3.63) is 52.3 Å². The van der Waals surface area contributed by atoms with Gasteiger partial charge in [-0.15, -0.1) is 0 Å². The molecule has 0 spiro atoms. The molecule has 6 nitrogen and oxygen atoms in total. The van der Waals surface area contributed by atoms with Crippen LogP contribution in [-0.2, 0) is 16.6 Å². The fourth-order valence-electron chi connectivity index (χ4n) is 3.79. The minimum absolute atomic E-state index is 0.239. The number of benzene rings is 1. The molecule has 1 amide bonds. The zero-order chi connectivity index (χ0) is 20.5. The molecule has 0 bridgehead atoms. The smallest absolute Gasteiger partial charge is 0.268 e. The van der Waals surface area contributed by atoms with Gasteiger partial charge in [-0.1, -0.05) is 36.8 Å². The molecule has 2 aromatic rings. The van der Waals surface area contributed by atoms with Crippen LogP contribution in [0.25, 0.3) is 0 Å². The van der Waals surface area contributed by atoms with Crippen molar-refractivity contribution in [1.82, 2.24) is 14.6 Å². The Kier molecular flexibility index (Phi) is 5.95. The second-order valence-corrected chi connectivity index (χ2v) is 9.71. The summed E-state index contributed by atoms with van der Waals surface area (Å²) in [5.74, 6) is 0.249. The molecule has 2 heterocycles. The number of sulfonamides is 1. The predicted molar refractivity (Wildman–Crippen MR) is 110 cm³/mol. The second kappa shape index (κ2) is 8.09. The Labute approximate surface area is 167 Å². The Balaban J connectivity index is 1.80. The van der Waals surface area contributed by atoms with Crippen molar-refractivity contribution < 1.29 is 13.2 Å². The number of H-pyrrole nitrogens is 1. The quantitative estimate of drug-likeness (QED) is 0.804. The summed E-state index contributed by atoms with van der Waals surface area (Å²) in [6.07, 6.45) is 1.73. The van der Waals surface area contributed by atoms with E-state index in [1.807, 2.05) is 31.2 Å². The van der Waals surface area contributed by atoms with Crippen molar-refractivity contribution in [3.8, 4) is 0 Å². The van der Waals surface area contributed by atoms with Crippen molar-refractivity contribution >= 4 is 15.9 Å². The molecule has 0 unspecified atom stereocenters. The molecule has 1 fully saturated rings. The lowest BCUT2D eigenvalue weighted by atomic mass is 10.0. The molecule has 7 heteroatoms. The summed E-state index contributed by atoms with van der Waals surface area (Å²) in [7, 11) is -3.61. The Morgan fingerprint density at radius 3 is 2.54 bits per heavy atom. The number of nitrogens with zero attached hydrogens (tertiary/aromatic N) is 1. The fraction of sp³-hybridized carbons (Fsp3) is 0.476. The Hall–Kier alpha value is -2.12. The van der Waals surface area contributed by atoms with Crippen LogP contribution in [0.5, 0.6) is 0 Å². The van der Waals surface area contributed by atoms with Crippen molar-refractivity contribution in [2.75, 3.05) is 13.1 Å². The average Bonchev–Trinajstić information content (AvgIpc) is 2.95. The van der Waals surface area contributed by atoms with E-state index in [4.69, 9.17) is 0 Å². The summed E-state index contributed by atoms with van der Waals surface area (Å²) in [6, 6.07) is 7.92. The van der Waals surface area contributed by atoms with Crippen LogP contribution < -0.4 is 5.32 Å². The van der Waals surface area contributed by atoms with E-state index < -0.39 is 10.0 Å². The Bertz CT molecular complexity index is 971. The third-order valence-corrected chi connectivity index (χ3v) is 7.65. The molecule has 1 aliphatic rings. The number of carbonyl (C=O) groups is 1. The summed E-state index contributed by atoms with van der Waals surface area (Å²) in [6.45, 7) is 9.01. The SMILES string of the molecule is Cc1cccc(CNC(=O)c2[nH]c(C)c(S(=O)(=O)N3CCC(C)CC3)c2C)c1. The molecule has 0 radical (unpaired) electrons. The molecule has 0 atom stereocenters. The van der Waals surface area contributed by atoms with Crippen LogP contribution in [0.15, 0.2) is 29.2 Å². The zero-order valence-electron chi connectivity index (χ0n) is 17.0. The standard InChI is InChI=1S/C21H29N3O3S/c1-14-8-10-24(11-9-14)28(26,27)20-16(3)19(23-17(20)4)21(25)22-13-18-7-5-6-15(2)12-18/h5-7,12,14,23H,8-11,13H2,1-4H3,(H,22,25). The third-order valence-electron chi connectivity index (χ3n) is 5.47. The summed E-state index contributed by atoms with van der Waals surface area (Å²) in [5.41, 5.74) is 3.44. The zero-order valence-corrected chi connectivity index (χ0v) is 17.8. The third kappa shape index (κ3) is 4.15. The molecule has 1 aromatic carbocycles. The van der Waals surface area contributed by atoms with Crippen LogP contribution in [-0.4, -0.2) is 36.7 Å². The molecule has 28 heavy (non-hydrogen) atoms. The molecule has 152 valence electrons. The van der Waals surface area contributed by atoms with Crippen LogP contribution in [0.1, 0.15) is 52.6 Å². The maximum Gasteiger partial charge on any atom is 0.268 e. The van der Waals surface area contributed by atoms with Gasteiger partial charge in [-0.3, -0.25) is 4.79 Å². The van der Waals surface area contributed by atoms with Gasteiger partial charge in [-0.2, -0.15) is 4.31 Å². The lowest BCUT2D eigenvalue weighted by Crippen LogP contribution is -2.38. The van der Waals surface area contributed by atoms with E-state index >= 15 is 0 Å². The molecule has 0 saturated carbocycles. The van der Waals surface area contributed by atoms with E-state index in [0.717, 1.165) is 24.0 Å². The van der Waals surface area contributed by atoms with Crippen LogP contribution in [0.2, 0.25) is 0 Å². The summed E-state index contributed by atoms with van der Waals surface area (Å²) in [5, 5.41) is 2.88. The van der Waals surface area contributed by atoms with Crippen LogP contribution in [0.3, 0.4) is 0 Å². The fourth-order valence-corrected chi connectivity index (χ4v) is 5.67. The van der Waals surface area contributed by atoms with Gasteiger partial charge in [0.05, 0.1) is 0 Å². The maximum absolute atomic E-state index is 13.2. The van der Waals surface area contributed by atoms with Gasteiger partial charge in [0.15, 0.2) is 0 Å². The lowest BCUT2D eigenvalue weighted by Gasteiger charge is -2.29. The van der Waals surface area contributed by atoms with Gasteiger partial charge >= 0.3 is 0 Å². The molecular formula is C21H29N3O3S. The second-order valence-electron chi connectivity index (χ2n) is 7.84.